The summed E-state index contributed by atoms with van der Waals surface area (Å²) >= 11 is 0. The molecule has 0 atom stereocenters. The van der Waals surface area contributed by atoms with E-state index in [1.165, 1.54) is 0 Å². The van der Waals surface area contributed by atoms with Crippen molar-refractivity contribution < 1.29 is 4.74 Å². The summed E-state index contributed by atoms with van der Waals surface area (Å²) in [5.74, 6) is 0. The van der Waals surface area contributed by atoms with Gasteiger partial charge >= 0.3 is 0 Å². The first kappa shape index (κ1) is 4.09. The zero-order chi connectivity index (χ0) is 5.40. The van der Waals surface area contributed by atoms with Crippen molar-refractivity contribution in [3.63, 3.8) is 0 Å². The molecule has 2 heterocycles. The molecule has 3 nitrogen and oxygen atoms in total. The molecule has 1 aromatic heterocycles. The van der Waals surface area contributed by atoms with Crippen LogP contribution in [-0.2, 0) is 18.0 Å². The third-order valence-electron chi connectivity index (χ3n) is 1.23. The van der Waals surface area contributed by atoms with Gasteiger partial charge in [-0.2, -0.15) is 0 Å². The molecule has 1 aliphatic heterocycles. The topological polar surface area (TPSA) is 37.9 Å². The van der Waals surface area contributed by atoms with Crippen LogP contribution in [0, 0.1) is 6.33 Å². The lowest BCUT2D eigenvalue weighted by Crippen LogP contribution is -1.77. The SMILES string of the molecule is [c]1nc2c([nH]1)COC2. The van der Waals surface area contributed by atoms with Crippen molar-refractivity contribution in [2.75, 3.05) is 0 Å². The van der Waals surface area contributed by atoms with Crippen LogP contribution in [0.2, 0.25) is 0 Å². The number of ether oxygens (including phenoxy) is 1. The van der Waals surface area contributed by atoms with Gasteiger partial charge in [0.1, 0.15) is 0 Å². The number of aromatic amines is 1. The van der Waals surface area contributed by atoms with Crippen molar-refractivity contribution in [2.24, 2.45) is 0 Å². The highest BCUT2D eigenvalue weighted by Crippen LogP contribution is 2.12. The molecule has 0 fully saturated rings. The maximum Gasteiger partial charge on any atom is 0.174 e. The van der Waals surface area contributed by atoms with Gasteiger partial charge in [0.25, 0.3) is 0 Å². The van der Waals surface area contributed by atoms with Gasteiger partial charge in [0.15, 0.2) is 6.33 Å². The van der Waals surface area contributed by atoms with Gasteiger partial charge in [-0.3, -0.25) is 0 Å². The maximum atomic E-state index is 5.04. The molecule has 2 rings (SSSR count). The molecule has 1 radical (unpaired) electrons. The van der Waals surface area contributed by atoms with Gasteiger partial charge in [0.2, 0.25) is 0 Å². The highest BCUT2D eigenvalue weighted by atomic mass is 16.5. The third kappa shape index (κ3) is 0.391. The summed E-state index contributed by atoms with van der Waals surface area (Å²) in [6.07, 6.45) is 2.65. The fraction of sp³-hybridized carbons (Fsp3) is 0.400. The molecular formula is C5H5N2O. The van der Waals surface area contributed by atoms with E-state index in [1.54, 1.807) is 0 Å². The Hall–Kier alpha value is -0.830. The number of hydrogen-bond donors (Lipinski definition) is 1. The fourth-order valence-corrected chi connectivity index (χ4v) is 0.791. The predicted octanol–water partition coefficient (Wildman–Crippen LogP) is 0.240. The van der Waals surface area contributed by atoms with Crippen LogP contribution in [-0.4, -0.2) is 9.97 Å². The summed E-state index contributed by atoms with van der Waals surface area (Å²) in [7, 11) is 0. The predicted molar refractivity (Wildman–Crippen MR) is 25.9 cm³/mol. The van der Waals surface area contributed by atoms with Crippen molar-refractivity contribution in [3.05, 3.63) is 17.7 Å². The maximum absolute atomic E-state index is 5.04. The highest BCUT2D eigenvalue weighted by Gasteiger charge is 2.11. The second kappa shape index (κ2) is 1.32. The molecule has 1 aliphatic rings. The zero-order valence-electron chi connectivity index (χ0n) is 4.27. The van der Waals surface area contributed by atoms with E-state index < -0.39 is 0 Å². The number of nitrogens with one attached hydrogen (secondary N) is 1. The second-order valence-electron chi connectivity index (χ2n) is 1.77. The van der Waals surface area contributed by atoms with Crippen molar-refractivity contribution in [2.45, 2.75) is 13.2 Å². The Balaban J connectivity index is 2.54. The van der Waals surface area contributed by atoms with Gasteiger partial charge in [0.05, 0.1) is 24.6 Å². The first-order valence-corrected chi connectivity index (χ1v) is 2.48. The molecule has 0 saturated carbocycles. The van der Waals surface area contributed by atoms with Crippen LogP contribution in [0.25, 0.3) is 0 Å². The van der Waals surface area contributed by atoms with Crippen LogP contribution in [0.5, 0.6) is 0 Å². The summed E-state index contributed by atoms with van der Waals surface area (Å²) in [6.45, 7) is 1.32. The smallest absolute Gasteiger partial charge is 0.174 e. The first-order valence-electron chi connectivity index (χ1n) is 2.48. The number of rotatable bonds is 0. The van der Waals surface area contributed by atoms with E-state index >= 15 is 0 Å². The quantitative estimate of drug-likeness (QED) is 0.518. The van der Waals surface area contributed by atoms with Gasteiger partial charge in [-0.05, 0) is 0 Å². The normalized spacial score (nSPS) is 16.5. The summed E-state index contributed by atoms with van der Waals surface area (Å²) in [4.78, 5) is 6.75. The lowest BCUT2D eigenvalue weighted by Gasteiger charge is -1.81. The Morgan fingerprint density at radius 1 is 1.62 bits per heavy atom. The van der Waals surface area contributed by atoms with E-state index in [4.69, 9.17) is 4.74 Å². The number of nitrogens with zero attached hydrogens (tertiary/aromatic N) is 1. The van der Waals surface area contributed by atoms with Crippen LogP contribution in [0.1, 0.15) is 11.4 Å². The van der Waals surface area contributed by atoms with Crippen molar-refractivity contribution >= 4 is 0 Å². The molecule has 0 spiro atoms. The number of hydrogen-bond acceptors (Lipinski definition) is 2. The standard InChI is InChI=1S/C5H5N2O/c1-4-5(2-8-1)7-3-6-4/h1-2H2,(H,6,7). The van der Waals surface area contributed by atoms with Crippen molar-refractivity contribution in [1.82, 2.24) is 9.97 Å². The molecule has 0 saturated heterocycles. The van der Waals surface area contributed by atoms with E-state index in [0.29, 0.717) is 13.2 Å². The van der Waals surface area contributed by atoms with Crippen molar-refractivity contribution in [1.29, 1.82) is 0 Å². The molecule has 0 unspecified atom stereocenters. The number of imidazole rings is 1. The monoisotopic (exact) mass is 109 g/mol. The average molecular weight is 109 g/mol. The van der Waals surface area contributed by atoms with Gasteiger partial charge in [0, 0.05) is 0 Å². The number of H-pyrrole nitrogens is 1. The van der Waals surface area contributed by atoms with E-state index in [9.17, 15) is 0 Å². The van der Waals surface area contributed by atoms with E-state index in [-0.39, 0.29) is 0 Å². The third-order valence-corrected chi connectivity index (χ3v) is 1.23. The average Bonchev–Trinajstić information content (AvgIpc) is 2.15. The van der Waals surface area contributed by atoms with Crippen LogP contribution in [0.4, 0.5) is 0 Å². The van der Waals surface area contributed by atoms with Crippen LogP contribution >= 0.6 is 0 Å². The van der Waals surface area contributed by atoms with Gasteiger partial charge in [-0.25, -0.2) is 4.98 Å². The Bertz CT molecular complexity index is 176. The molecule has 3 heteroatoms. The zero-order valence-corrected chi connectivity index (χ0v) is 4.27. The molecule has 1 N–H and O–H groups in total. The Kier molecular flexibility index (Phi) is 0.676. The molecular weight excluding hydrogens is 104 g/mol. The molecule has 0 aromatic carbocycles. The minimum absolute atomic E-state index is 0.648. The lowest BCUT2D eigenvalue weighted by molar-refractivity contribution is 0.130. The van der Waals surface area contributed by atoms with Crippen molar-refractivity contribution in [3.8, 4) is 0 Å². The van der Waals surface area contributed by atoms with E-state index in [0.717, 1.165) is 11.4 Å². The summed E-state index contributed by atoms with van der Waals surface area (Å²) in [5, 5.41) is 0. The van der Waals surface area contributed by atoms with Gasteiger partial charge < -0.3 is 9.72 Å². The van der Waals surface area contributed by atoms with E-state index in [1.807, 2.05) is 0 Å². The molecule has 0 bridgehead atoms. The van der Waals surface area contributed by atoms with Crippen LogP contribution in [0.3, 0.4) is 0 Å². The Labute approximate surface area is 46.7 Å². The summed E-state index contributed by atoms with van der Waals surface area (Å²) < 4.78 is 5.04. The van der Waals surface area contributed by atoms with E-state index in [2.05, 4.69) is 16.3 Å². The Morgan fingerprint density at radius 3 is 3.50 bits per heavy atom. The fourth-order valence-electron chi connectivity index (χ4n) is 0.791. The van der Waals surface area contributed by atoms with Crippen LogP contribution in [0.15, 0.2) is 0 Å². The molecule has 0 aliphatic carbocycles. The van der Waals surface area contributed by atoms with Crippen LogP contribution < -0.4 is 0 Å². The molecule has 0 amide bonds. The molecule has 41 valence electrons. The number of fused-ring (bicyclic) bond motifs is 1. The lowest BCUT2D eigenvalue weighted by atomic mass is 10.4. The van der Waals surface area contributed by atoms with Gasteiger partial charge in [-0.1, -0.05) is 0 Å². The molecule has 8 heavy (non-hydrogen) atoms. The second-order valence-corrected chi connectivity index (χ2v) is 1.77. The number of aromatic nitrogens is 2. The highest BCUT2D eigenvalue weighted by molar-refractivity contribution is 5.11. The molecule has 1 aromatic rings. The Morgan fingerprint density at radius 2 is 2.62 bits per heavy atom. The van der Waals surface area contributed by atoms with Gasteiger partial charge in [-0.15, -0.1) is 0 Å². The minimum atomic E-state index is 0.648. The summed E-state index contributed by atoms with van der Waals surface area (Å²) in [5.41, 5.74) is 2.08. The first-order chi connectivity index (χ1) is 3.97. The largest absolute Gasteiger partial charge is 0.369 e. The summed E-state index contributed by atoms with van der Waals surface area (Å²) in [6, 6.07) is 0. The minimum Gasteiger partial charge on any atom is -0.369 e.